The van der Waals surface area contributed by atoms with Gasteiger partial charge in [0.05, 0.1) is 18.0 Å². The van der Waals surface area contributed by atoms with E-state index in [1.807, 2.05) is 55.1 Å². The van der Waals surface area contributed by atoms with Gasteiger partial charge in [0, 0.05) is 36.3 Å². The van der Waals surface area contributed by atoms with Gasteiger partial charge < -0.3 is 20.9 Å². The van der Waals surface area contributed by atoms with Crippen LogP contribution >= 0.6 is 0 Å². The lowest BCUT2D eigenvalue weighted by Gasteiger charge is -2.41. The molecule has 1 saturated heterocycles. The van der Waals surface area contributed by atoms with E-state index in [1.54, 1.807) is 0 Å². The molecule has 0 unspecified atom stereocenters. The van der Waals surface area contributed by atoms with E-state index < -0.39 is 5.41 Å². The van der Waals surface area contributed by atoms with Crippen molar-refractivity contribution >= 4 is 17.7 Å². The molecule has 12 heteroatoms. The Morgan fingerprint density at radius 2 is 1.60 bits per heavy atom. The van der Waals surface area contributed by atoms with E-state index >= 15 is 0 Å². The van der Waals surface area contributed by atoms with E-state index in [-0.39, 0.29) is 42.4 Å². The highest BCUT2D eigenvalue weighted by atomic mass is 16.2. The molecule has 3 fully saturated rings. The minimum absolute atomic E-state index is 0.0161. The number of aryl methyl sites for hydroxylation is 2. The third-order valence-electron chi connectivity index (χ3n) is 11.5. The van der Waals surface area contributed by atoms with Gasteiger partial charge in [-0.05, 0) is 128 Å². The van der Waals surface area contributed by atoms with Gasteiger partial charge >= 0.3 is 0 Å². The van der Waals surface area contributed by atoms with E-state index in [1.165, 1.54) is 6.42 Å². The van der Waals surface area contributed by atoms with Crippen LogP contribution in [0.2, 0.25) is 0 Å². The van der Waals surface area contributed by atoms with Gasteiger partial charge in [-0.25, -0.2) is 5.10 Å². The van der Waals surface area contributed by atoms with Gasteiger partial charge in [0.1, 0.15) is 6.04 Å². The third-order valence-corrected chi connectivity index (χ3v) is 11.5. The number of amides is 3. The maximum Gasteiger partial charge on any atom is 0.251 e. The number of aromatic nitrogens is 4. The number of benzene rings is 2. The number of piperidine rings is 1. The summed E-state index contributed by atoms with van der Waals surface area (Å²) in [5, 5.41) is 35.3. The topological polar surface area (TPSA) is 169 Å². The van der Waals surface area contributed by atoms with Gasteiger partial charge in [0.25, 0.3) is 11.8 Å². The molecule has 12 nitrogen and oxygen atoms in total. The SMILES string of the molecule is CCNC(=O)c1ccc2c(c1)CCc1cc(C(=O)NCC)ccc1C2(C[C@H](NCC(=O)N1[C@H](C#N)C[C@@H]2C[C@@H]21)C1CCCCC1)c1nnn[nH]1. The number of carbonyl (C=O) groups excluding carboxylic acids is 3. The van der Waals surface area contributed by atoms with Gasteiger partial charge in [0.2, 0.25) is 5.91 Å². The van der Waals surface area contributed by atoms with E-state index in [4.69, 9.17) is 0 Å². The molecule has 7 rings (SSSR count). The number of rotatable bonds is 11. The molecule has 3 aliphatic carbocycles. The van der Waals surface area contributed by atoms with E-state index in [0.717, 1.165) is 60.8 Å². The first-order valence-electron chi connectivity index (χ1n) is 18.4. The lowest BCUT2D eigenvalue weighted by Crippen LogP contribution is -2.50. The predicted molar refractivity (Wildman–Crippen MR) is 186 cm³/mol. The number of hydrogen-bond acceptors (Lipinski definition) is 8. The second-order valence-corrected chi connectivity index (χ2v) is 14.5. The zero-order valence-corrected chi connectivity index (χ0v) is 29.0. The fourth-order valence-corrected chi connectivity index (χ4v) is 9.08. The molecule has 0 radical (unpaired) electrons. The van der Waals surface area contributed by atoms with Crippen LogP contribution in [0.25, 0.3) is 0 Å². The lowest BCUT2D eigenvalue weighted by molar-refractivity contribution is -0.131. The summed E-state index contributed by atoms with van der Waals surface area (Å²) in [4.78, 5) is 41.7. The molecule has 1 aliphatic heterocycles. The van der Waals surface area contributed by atoms with Crippen molar-refractivity contribution in [3.05, 3.63) is 75.6 Å². The third kappa shape index (κ3) is 6.28. The molecule has 2 aromatic carbocycles. The van der Waals surface area contributed by atoms with Crippen molar-refractivity contribution in [2.45, 2.75) is 102 Å². The number of H-pyrrole nitrogens is 1. The second-order valence-electron chi connectivity index (χ2n) is 14.5. The van der Waals surface area contributed by atoms with Crippen molar-refractivity contribution in [3.8, 4) is 6.07 Å². The first-order chi connectivity index (χ1) is 24.4. The van der Waals surface area contributed by atoms with Crippen LogP contribution in [0, 0.1) is 23.2 Å². The fraction of sp³-hybridized carbons (Fsp3) is 0.553. The van der Waals surface area contributed by atoms with Crippen molar-refractivity contribution in [2.75, 3.05) is 19.6 Å². The summed E-state index contributed by atoms with van der Waals surface area (Å²) >= 11 is 0. The molecule has 4 atom stereocenters. The molecular formula is C38H47N9O3. The van der Waals surface area contributed by atoms with Crippen LogP contribution in [0.3, 0.4) is 0 Å². The number of aromatic amines is 1. The highest BCUT2D eigenvalue weighted by Gasteiger charge is 2.54. The number of nitrogens with zero attached hydrogens (tertiary/aromatic N) is 5. The number of hydrogen-bond donors (Lipinski definition) is 4. The summed E-state index contributed by atoms with van der Waals surface area (Å²) in [5.74, 6) is 1.07. The molecule has 0 spiro atoms. The van der Waals surface area contributed by atoms with Crippen molar-refractivity contribution in [3.63, 3.8) is 0 Å². The normalized spacial score (nSPS) is 22.7. The Morgan fingerprint density at radius 3 is 2.16 bits per heavy atom. The highest BCUT2D eigenvalue weighted by molar-refractivity contribution is 5.95. The van der Waals surface area contributed by atoms with Gasteiger partial charge in [0.15, 0.2) is 5.82 Å². The summed E-state index contributed by atoms with van der Waals surface area (Å²) in [7, 11) is 0. The first-order valence-corrected chi connectivity index (χ1v) is 18.4. The zero-order valence-electron chi connectivity index (χ0n) is 29.0. The molecule has 4 N–H and O–H groups in total. The summed E-state index contributed by atoms with van der Waals surface area (Å²) in [6, 6.07) is 13.9. The molecule has 3 amide bonds. The molecule has 4 aliphatic rings. The van der Waals surface area contributed by atoms with Crippen molar-refractivity contribution in [2.24, 2.45) is 11.8 Å². The maximum atomic E-state index is 13.8. The number of tetrazole rings is 1. The number of nitrogens with one attached hydrogen (secondary N) is 4. The van der Waals surface area contributed by atoms with Crippen LogP contribution in [0.1, 0.15) is 114 Å². The second kappa shape index (κ2) is 14.3. The average Bonchev–Trinajstić information content (AvgIpc) is 3.51. The van der Waals surface area contributed by atoms with Crippen molar-refractivity contribution in [1.29, 1.82) is 5.26 Å². The molecule has 0 bridgehead atoms. The largest absolute Gasteiger partial charge is 0.352 e. The number of nitriles is 1. The van der Waals surface area contributed by atoms with E-state index in [9.17, 15) is 19.6 Å². The van der Waals surface area contributed by atoms with Gasteiger partial charge in [-0.15, -0.1) is 5.10 Å². The molecule has 2 heterocycles. The Bertz CT molecular complexity index is 1710. The average molecular weight is 678 g/mol. The summed E-state index contributed by atoms with van der Waals surface area (Å²) in [6.45, 7) is 5.02. The molecule has 2 saturated carbocycles. The number of fused-ring (bicyclic) bond motifs is 3. The van der Waals surface area contributed by atoms with Gasteiger partial charge in [-0.3, -0.25) is 14.4 Å². The number of carbonyl (C=O) groups is 3. The van der Waals surface area contributed by atoms with Crippen LogP contribution in [-0.2, 0) is 23.1 Å². The van der Waals surface area contributed by atoms with E-state index in [2.05, 4.69) is 42.6 Å². The lowest BCUT2D eigenvalue weighted by atomic mass is 9.65. The highest BCUT2D eigenvalue weighted by Crippen LogP contribution is 2.49. The standard InChI is InChI=1S/C38H47N9O3/c1-3-40-35(49)26-12-14-30-24(16-26)10-11-25-17-27(36(50)41-4-2)13-15-31(25)38(30,37-43-45-46-44-37)20-32(23-8-6-5-7-9-23)42-22-34(48)47-29(21-39)18-28-19-33(28)47/h12-17,23,28-29,32-33,42H,3-11,18-20,22H2,1-2H3,(H,40,49)(H,41,50)(H,43,44,45,46)/t28-,29+,32+,33+/m1/s1. The zero-order chi connectivity index (χ0) is 34.8. The minimum atomic E-state index is -0.882. The van der Waals surface area contributed by atoms with Gasteiger partial charge in [-0.1, -0.05) is 31.4 Å². The smallest absolute Gasteiger partial charge is 0.251 e. The van der Waals surface area contributed by atoms with E-state index in [0.29, 0.717) is 61.1 Å². The van der Waals surface area contributed by atoms with Crippen LogP contribution in [-0.4, -0.2) is 81.0 Å². The van der Waals surface area contributed by atoms with Crippen LogP contribution in [0.4, 0.5) is 0 Å². The molecular weight excluding hydrogens is 630 g/mol. The molecule has 50 heavy (non-hydrogen) atoms. The van der Waals surface area contributed by atoms with Crippen LogP contribution < -0.4 is 16.0 Å². The molecule has 262 valence electrons. The Labute approximate surface area is 293 Å². The Hall–Kier alpha value is -4.63. The molecule has 3 aromatic rings. The summed E-state index contributed by atoms with van der Waals surface area (Å²) < 4.78 is 0. The number of likely N-dealkylation sites (tertiary alicyclic amines) is 1. The summed E-state index contributed by atoms with van der Waals surface area (Å²) in [6.07, 6.45) is 9.14. The predicted octanol–water partition coefficient (Wildman–Crippen LogP) is 3.57. The monoisotopic (exact) mass is 677 g/mol. The summed E-state index contributed by atoms with van der Waals surface area (Å²) in [5.41, 5.74) is 4.36. The molecule has 1 aromatic heterocycles. The fourth-order valence-electron chi connectivity index (χ4n) is 9.08. The minimum Gasteiger partial charge on any atom is -0.352 e. The Kier molecular flexibility index (Phi) is 9.69. The Balaban J connectivity index is 1.34. The van der Waals surface area contributed by atoms with Gasteiger partial charge in [-0.2, -0.15) is 5.26 Å². The quantitative estimate of drug-likeness (QED) is 0.239. The Morgan fingerprint density at radius 1 is 0.960 bits per heavy atom. The van der Waals surface area contributed by atoms with Crippen LogP contribution in [0.5, 0.6) is 0 Å². The van der Waals surface area contributed by atoms with Crippen molar-refractivity contribution < 1.29 is 14.4 Å². The van der Waals surface area contributed by atoms with Crippen molar-refractivity contribution in [1.82, 2.24) is 41.5 Å². The first kappa shape index (κ1) is 33.8. The van der Waals surface area contributed by atoms with Crippen LogP contribution in [0.15, 0.2) is 36.4 Å². The maximum absolute atomic E-state index is 13.8.